The first-order chi connectivity index (χ1) is 20.6. The number of hydrogen-bond acceptors (Lipinski definition) is 11. The molecule has 0 radical (unpaired) electrons. The van der Waals surface area contributed by atoms with Gasteiger partial charge in [-0.05, 0) is 32.8 Å². The largest absolute Gasteiger partial charge is 0.473 e. The van der Waals surface area contributed by atoms with Crippen molar-refractivity contribution < 1.29 is 41.9 Å². The fourth-order valence-electron chi connectivity index (χ4n) is 4.49. The summed E-state index contributed by atoms with van der Waals surface area (Å²) >= 11 is 0. The Hall–Kier alpha value is -3.08. The summed E-state index contributed by atoms with van der Waals surface area (Å²) in [7, 11) is -3.05. The fraction of sp³-hybridized carbons (Fsp3) is 0.538. The molecule has 0 saturated carbocycles. The summed E-state index contributed by atoms with van der Waals surface area (Å²) in [6, 6.07) is 1.06. The molecule has 2 unspecified atom stereocenters. The Morgan fingerprint density at radius 2 is 2.05 bits per heavy atom. The standard InChI is InChI=1S/C26H37FN7O8P/c1-4-29-25(35)34-24-32-18-12-17(21(27)20(22(18)33-24)19-6-5-7-40-19)16-13-30-23(31-14-16)26(2,15-28)42-43(36,37)41-11-10-39-9-8-38-3/h12-14,19H,4-11,15,28H2,1-3H3,(H,36,37)(H3,29,32,33,34,35)/t19?,26-/m1/s1. The highest BCUT2D eigenvalue weighted by Crippen LogP contribution is 2.49. The highest BCUT2D eigenvalue weighted by atomic mass is 31.2. The minimum Gasteiger partial charge on any atom is -0.382 e. The SMILES string of the molecule is CCNC(=O)Nc1nc2cc(-c3cnc([C@@](C)(CN)OP(=O)(O)OCCOCCOC)nc3)c(F)c(C3CCCO3)c2[nH]1. The maximum atomic E-state index is 16.1. The van der Waals surface area contributed by atoms with Crippen LogP contribution >= 0.6 is 7.82 Å². The lowest BCUT2D eigenvalue weighted by molar-refractivity contribution is 0.0136. The number of carbonyl (C=O) groups excluding carboxylic acids is 1. The maximum absolute atomic E-state index is 16.1. The second-order valence-corrected chi connectivity index (χ2v) is 11.2. The van der Waals surface area contributed by atoms with E-state index in [0.717, 1.165) is 6.42 Å². The van der Waals surface area contributed by atoms with Crippen molar-refractivity contribution in [3.8, 4) is 11.1 Å². The molecule has 3 heterocycles. The number of H-pyrrole nitrogens is 1. The molecule has 6 N–H and O–H groups in total. The zero-order valence-corrected chi connectivity index (χ0v) is 25.1. The predicted octanol–water partition coefficient (Wildman–Crippen LogP) is 3.12. The molecule has 1 fully saturated rings. The third kappa shape index (κ3) is 8.10. The zero-order valence-electron chi connectivity index (χ0n) is 24.2. The van der Waals surface area contributed by atoms with Gasteiger partial charge in [-0.2, -0.15) is 0 Å². The summed E-state index contributed by atoms with van der Waals surface area (Å²) in [6.45, 7) is 4.38. The number of benzene rings is 1. The van der Waals surface area contributed by atoms with Crippen molar-refractivity contribution in [1.29, 1.82) is 0 Å². The van der Waals surface area contributed by atoms with E-state index in [2.05, 4.69) is 30.6 Å². The second-order valence-electron chi connectivity index (χ2n) is 9.85. The highest BCUT2D eigenvalue weighted by Gasteiger charge is 2.39. The van der Waals surface area contributed by atoms with E-state index in [9.17, 15) is 14.3 Å². The van der Waals surface area contributed by atoms with Crippen LogP contribution in [0.25, 0.3) is 22.2 Å². The van der Waals surface area contributed by atoms with Gasteiger partial charge >= 0.3 is 13.9 Å². The van der Waals surface area contributed by atoms with Crippen LogP contribution in [0.3, 0.4) is 0 Å². The van der Waals surface area contributed by atoms with Gasteiger partial charge in [0.1, 0.15) is 11.4 Å². The molecule has 1 aliphatic rings. The van der Waals surface area contributed by atoms with Crippen LogP contribution in [-0.4, -0.2) is 84.1 Å². The summed E-state index contributed by atoms with van der Waals surface area (Å²) in [5.41, 5.74) is 5.83. The number of ether oxygens (including phenoxy) is 3. The van der Waals surface area contributed by atoms with Gasteiger partial charge in [0.25, 0.3) is 0 Å². The first kappa shape index (κ1) is 32.8. The molecule has 15 nitrogen and oxygen atoms in total. The number of aromatic amines is 1. The van der Waals surface area contributed by atoms with Gasteiger partial charge in [0.15, 0.2) is 5.82 Å². The molecule has 1 aromatic carbocycles. The van der Waals surface area contributed by atoms with Gasteiger partial charge in [-0.3, -0.25) is 14.4 Å². The third-order valence-corrected chi connectivity index (χ3v) is 7.77. The Labute approximate surface area is 247 Å². The number of imidazole rings is 1. The summed E-state index contributed by atoms with van der Waals surface area (Å²) in [5.74, 6) is -0.416. The molecular formula is C26H37FN7O8P. The second kappa shape index (κ2) is 14.6. The number of fused-ring (bicyclic) bond motifs is 1. The summed E-state index contributed by atoms with van der Waals surface area (Å²) in [4.78, 5) is 38.3. The van der Waals surface area contributed by atoms with Crippen LogP contribution in [0.4, 0.5) is 15.1 Å². The molecule has 0 aliphatic carbocycles. The zero-order chi connectivity index (χ0) is 31.0. The topological polar surface area (TPSA) is 205 Å². The smallest absolute Gasteiger partial charge is 0.382 e. The van der Waals surface area contributed by atoms with E-state index in [1.165, 1.54) is 32.5 Å². The van der Waals surface area contributed by atoms with Crippen molar-refractivity contribution in [1.82, 2.24) is 25.3 Å². The molecule has 236 valence electrons. The molecule has 2 amide bonds. The molecule has 0 spiro atoms. The monoisotopic (exact) mass is 625 g/mol. The van der Waals surface area contributed by atoms with E-state index in [4.69, 9.17) is 29.0 Å². The lowest BCUT2D eigenvalue weighted by atomic mass is 9.97. The Bertz CT molecular complexity index is 1440. The average molecular weight is 626 g/mol. The van der Waals surface area contributed by atoms with Crippen LogP contribution in [0, 0.1) is 5.82 Å². The molecule has 4 rings (SSSR count). The highest BCUT2D eigenvalue weighted by molar-refractivity contribution is 7.47. The number of urea groups is 1. The Morgan fingerprint density at radius 3 is 2.70 bits per heavy atom. The van der Waals surface area contributed by atoms with E-state index in [1.54, 1.807) is 6.92 Å². The lowest BCUT2D eigenvalue weighted by Crippen LogP contribution is -2.36. The van der Waals surface area contributed by atoms with Crippen molar-refractivity contribution in [2.45, 2.75) is 38.4 Å². The van der Waals surface area contributed by atoms with Gasteiger partial charge in [0.2, 0.25) is 5.95 Å². The number of amides is 2. The van der Waals surface area contributed by atoms with Gasteiger partial charge in [0.05, 0.1) is 43.6 Å². The molecule has 43 heavy (non-hydrogen) atoms. The molecular weight excluding hydrogens is 588 g/mol. The maximum Gasteiger partial charge on any atom is 0.473 e. The Balaban J connectivity index is 1.59. The number of phosphoric acid groups is 1. The van der Waals surface area contributed by atoms with Gasteiger partial charge in [-0.25, -0.2) is 28.7 Å². The Morgan fingerprint density at radius 1 is 1.30 bits per heavy atom. The minimum atomic E-state index is -4.58. The van der Waals surface area contributed by atoms with Crippen molar-refractivity contribution in [3.63, 3.8) is 0 Å². The van der Waals surface area contributed by atoms with Crippen molar-refractivity contribution in [2.75, 3.05) is 58.6 Å². The number of aromatic nitrogens is 4. The van der Waals surface area contributed by atoms with Crippen LogP contribution in [0.1, 0.15) is 44.2 Å². The number of rotatable bonds is 15. The number of nitrogens with two attached hydrogens (primary N) is 1. The van der Waals surface area contributed by atoms with Crippen LogP contribution in [0.2, 0.25) is 0 Å². The summed E-state index contributed by atoms with van der Waals surface area (Å²) in [5, 5.41) is 5.22. The molecule has 1 aliphatic heterocycles. The first-order valence-corrected chi connectivity index (χ1v) is 15.3. The van der Waals surface area contributed by atoms with E-state index < -0.39 is 31.4 Å². The van der Waals surface area contributed by atoms with Crippen LogP contribution < -0.4 is 16.4 Å². The number of carbonyl (C=O) groups is 1. The van der Waals surface area contributed by atoms with Gasteiger partial charge in [-0.1, -0.05) is 0 Å². The lowest BCUT2D eigenvalue weighted by Gasteiger charge is -2.28. The minimum absolute atomic E-state index is 0.0120. The average Bonchev–Trinajstić information content (AvgIpc) is 3.64. The van der Waals surface area contributed by atoms with Gasteiger partial charge < -0.3 is 35.1 Å². The number of nitrogens with zero attached hydrogens (tertiary/aromatic N) is 3. The quantitative estimate of drug-likeness (QED) is 0.122. The molecule has 3 atom stereocenters. The van der Waals surface area contributed by atoms with Gasteiger partial charge in [-0.15, -0.1) is 0 Å². The molecule has 1 saturated heterocycles. The number of halogens is 1. The molecule has 17 heteroatoms. The van der Waals surface area contributed by atoms with Crippen molar-refractivity contribution in [2.24, 2.45) is 5.73 Å². The number of anilines is 1. The van der Waals surface area contributed by atoms with Crippen LogP contribution in [-0.2, 0) is 33.4 Å². The number of hydrogen-bond donors (Lipinski definition) is 5. The van der Waals surface area contributed by atoms with Crippen molar-refractivity contribution in [3.05, 3.63) is 35.7 Å². The van der Waals surface area contributed by atoms with Crippen LogP contribution in [0.5, 0.6) is 0 Å². The molecule has 0 bridgehead atoms. The third-order valence-electron chi connectivity index (χ3n) is 6.63. The molecule has 2 aromatic heterocycles. The summed E-state index contributed by atoms with van der Waals surface area (Å²) in [6.07, 6.45) is 3.58. The summed E-state index contributed by atoms with van der Waals surface area (Å²) < 4.78 is 55.0. The van der Waals surface area contributed by atoms with E-state index in [0.29, 0.717) is 49.4 Å². The number of phosphoric ester groups is 1. The van der Waals surface area contributed by atoms with E-state index in [1.807, 2.05) is 0 Å². The van der Waals surface area contributed by atoms with E-state index in [-0.39, 0.29) is 42.7 Å². The van der Waals surface area contributed by atoms with Gasteiger partial charge in [0, 0.05) is 55.9 Å². The number of methoxy groups -OCH3 is 1. The number of nitrogens with one attached hydrogen (secondary N) is 3. The van der Waals surface area contributed by atoms with E-state index >= 15 is 4.39 Å². The van der Waals surface area contributed by atoms with Crippen molar-refractivity contribution >= 4 is 30.8 Å². The Kier molecular flexibility index (Phi) is 11.1. The van der Waals surface area contributed by atoms with Crippen LogP contribution in [0.15, 0.2) is 18.5 Å². The molecule has 3 aromatic rings. The normalized spacial score (nSPS) is 18.0. The fourth-order valence-corrected chi connectivity index (χ4v) is 5.51. The first-order valence-electron chi connectivity index (χ1n) is 13.8. The predicted molar refractivity (Wildman–Crippen MR) is 154 cm³/mol.